The highest BCUT2D eigenvalue weighted by molar-refractivity contribution is 7.99. The fraction of sp³-hybridized carbons (Fsp3) is 0.200. The van der Waals surface area contributed by atoms with E-state index in [1.54, 1.807) is 34.0 Å². The van der Waals surface area contributed by atoms with Crippen molar-refractivity contribution in [2.45, 2.75) is 18.0 Å². The normalized spacial score (nSPS) is 13.7. The van der Waals surface area contributed by atoms with E-state index in [0.717, 1.165) is 17.8 Å². The summed E-state index contributed by atoms with van der Waals surface area (Å²) in [6.07, 6.45) is 3.02. The predicted octanol–water partition coefficient (Wildman–Crippen LogP) is 3.78. The van der Waals surface area contributed by atoms with Crippen LogP contribution >= 0.6 is 23.4 Å². The standard InChI is InChI=1S/C20H18ClN5O2S/c21-14-4-1-6-16(10-14)26-13-22-24-20(26)29-12-18(27)23-15-5-2-7-17(11-15)25-9-3-8-19(25)28/h1-2,4-7,10-11,13H,3,8-9,12H2,(H,23,27). The zero-order chi connectivity index (χ0) is 20.2. The lowest BCUT2D eigenvalue weighted by molar-refractivity contribution is -0.117. The van der Waals surface area contributed by atoms with E-state index in [0.29, 0.717) is 28.8 Å². The number of thioether (sulfide) groups is 1. The minimum absolute atomic E-state index is 0.115. The molecule has 0 radical (unpaired) electrons. The van der Waals surface area contributed by atoms with Crippen LogP contribution in [0.3, 0.4) is 0 Å². The largest absolute Gasteiger partial charge is 0.325 e. The Bertz CT molecular complexity index is 1050. The number of carbonyl (C=O) groups is 2. The molecule has 0 bridgehead atoms. The Morgan fingerprint density at radius 3 is 2.79 bits per heavy atom. The number of halogens is 1. The number of carbonyl (C=O) groups excluding carboxylic acids is 2. The van der Waals surface area contributed by atoms with Crippen molar-refractivity contribution in [2.24, 2.45) is 0 Å². The summed E-state index contributed by atoms with van der Waals surface area (Å²) in [5, 5.41) is 12.1. The number of anilines is 2. The van der Waals surface area contributed by atoms with Gasteiger partial charge in [0.15, 0.2) is 5.16 Å². The smallest absolute Gasteiger partial charge is 0.234 e. The van der Waals surface area contributed by atoms with Crippen LogP contribution in [0.5, 0.6) is 0 Å². The average Bonchev–Trinajstić information content (AvgIpc) is 3.35. The van der Waals surface area contributed by atoms with Crippen LogP contribution in [0.25, 0.3) is 5.69 Å². The molecule has 0 spiro atoms. The molecule has 1 aliphatic heterocycles. The van der Waals surface area contributed by atoms with Crippen LogP contribution < -0.4 is 10.2 Å². The minimum atomic E-state index is -0.166. The quantitative estimate of drug-likeness (QED) is 0.605. The van der Waals surface area contributed by atoms with Crippen LogP contribution in [0.15, 0.2) is 60.0 Å². The Balaban J connectivity index is 1.39. The molecule has 2 heterocycles. The first kappa shape index (κ1) is 19.5. The van der Waals surface area contributed by atoms with Crippen LogP contribution in [-0.4, -0.2) is 38.9 Å². The maximum atomic E-state index is 12.4. The summed E-state index contributed by atoms with van der Waals surface area (Å²) in [4.78, 5) is 26.1. The topological polar surface area (TPSA) is 80.1 Å². The van der Waals surface area contributed by atoms with Crippen LogP contribution in [-0.2, 0) is 9.59 Å². The van der Waals surface area contributed by atoms with Crippen LogP contribution in [0.1, 0.15) is 12.8 Å². The predicted molar refractivity (Wildman–Crippen MR) is 114 cm³/mol. The molecule has 2 amide bonds. The van der Waals surface area contributed by atoms with Gasteiger partial charge in [-0.1, -0.05) is 35.5 Å². The van der Waals surface area contributed by atoms with Crippen molar-refractivity contribution in [3.63, 3.8) is 0 Å². The molecule has 2 aromatic carbocycles. The van der Waals surface area contributed by atoms with Gasteiger partial charge in [0.05, 0.1) is 11.4 Å². The monoisotopic (exact) mass is 427 g/mol. The van der Waals surface area contributed by atoms with Crippen molar-refractivity contribution in [2.75, 3.05) is 22.5 Å². The van der Waals surface area contributed by atoms with E-state index in [2.05, 4.69) is 15.5 Å². The van der Waals surface area contributed by atoms with Crippen molar-refractivity contribution in [3.8, 4) is 5.69 Å². The molecule has 0 unspecified atom stereocenters. The molecule has 4 rings (SSSR count). The fourth-order valence-electron chi connectivity index (χ4n) is 3.13. The molecule has 1 aliphatic rings. The van der Waals surface area contributed by atoms with E-state index in [4.69, 9.17) is 11.6 Å². The van der Waals surface area contributed by atoms with E-state index in [9.17, 15) is 9.59 Å². The number of nitrogens with zero attached hydrogens (tertiary/aromatic N) is 4. The molecular weight excluding hydrogens is 410 g/mol. The van der Waals surface area contributed by atoms with Gasteiger partial charge < -0.3 is 10.2 Å². The highest BCUT2D eigenvalue weighted by Crippen LogP contribution is 2.25. The number of rotatable bonds is 6. The van der Waals surface area contributed by atoms with Crippen molar-refractivity contribution in [1.82, 2.24) is 14.8 Å². The molecule has 29 heavy (non-hydrogen) atoms. The molecule has 7 nitrogen and oxygen atoms in total. The van der Waals surface area contributed by atoms with Crippen LogP contribution in [0, 0.1) is 0 Å². The van der Waals surface area contributed by atoms with Gasteiger partial charge in [-0.2, -0.15) is 0 Å². The lowest BCUT2D eigenvalue weighted by Gasteiger charge is -2.16. The Morgan fingerprint density at radius 1 is 1.17 bits per heavy atom. The summed E-state index contributed by atoms with van der Waals surface area (Å²) in [5.74, 6) is 0.122. The lowest BCUT2D eigenvalue weighted by atomic mass is 10.2. The molecule has 1 N–H and O–H groups in total. The van der Waals surface area contributed by atoms with E-state index in [1.165, 1.54) is 11.8 Å². The Kier molecular flexibility index (Phi) is 5.82. The van der Waals surface area contributed by atoms with E-state index in [-0.39, 0.29) is 17.6 Å². The maximum Gasteiger partial charge on any atom is 0.234 e. The SMILES string of the molecule is O=C(CSc1nncn1-c1cccc(Cl)c1)Nc1cccc(N2CCCC2=O)c1. The molecule has 3 aromatic rings. The first-order valence-corrected chi connectivity index (χ1v) is 10.5. The summed E-state index contributed by atoms with van der Waals surface area (Å²) in [7, 11) is 0. The van der Waals surface area contributed by atoms with Gasteiger partial charge in [-0.3, -0.25) is 14.2 Å². The van der Waals surface area contributed by atoms with Crippen molar-refractivity contribution in [1.29, 1.82) is 0 Å². The molecule has 0 aliphatic carbocycles. The average molecular weight is 428 g/mol. The zero-order valence-corrected chi connectivity index (χ0v) is 17.0. The zero-order valence-electron chi connectivity index (χ0n) is 15.4. The Labute approximate surface area is 177 Å². The molecule has 0 atom stereocenters. The van der Waals surface area contributed by atoms with Gasteiger partial charge in [0.2, 0.25) is 11.8 Å². The van der Waals surface area contributed by atoms with Gasteiger partial charge in [-0.25, -0.2) is 0 Å². The number of amides is 2. The molecule has 1 fully saturated rings. The minimum Gasteiger partial charge on any atom is -0.325 e. The van der Waals surface area contributed by atoms with Crippen LogP contribution in [0.2, 0.25) is 5.02 Å². The van der Waals surface area contributed by atoms with Gasteiger partial charge in [0.25, 0.3) is 0 Å². The second kappa shape index (κ2) is 8.67. The second-order valence-corrected chi connectivity index (χ2v) is 7.88. The van der Waals surface area contributed by atoms with Crippen molar-refractivity contribution in [3.05, 3.63) is 59.9 Å². The molecule has 1 saturated heterocycles. The first-order valence-electron chi connectivity index (χ1n) is 9.09. The summed E-state index contributed by atoms with van der Waals surface area (Å²) in [6, 6.07) is 14.7. The van der Waals surface area contributed by atoms with E-state index < -0.39 is 0 Å². The summed E-state index contributed by atoms with van der Waals surface area (Å²) in [5.41, 5.74) is 2.29. The van der Waals surface area contributed by atoms with Gasteiger partial charge >= 0.3 is 0 Å². The highest BCUT2D eigenvalue weighted by atomic mass is 35.5. The second-order valence-electron chi connectivity index (χ2n) is 6.50. The molecule has 0 saturated carbocycles. The van der Waals surface area contributed by atoms with Gasteiger partial charge in [0, 0.05) is 29.4 Å². The number of nitrogens with one attached hydrogen (secondary N) is 1. The number of aromatic nitrogens is 3. The third-order valence-corrected chi connectivity index (χ3v) is 5.63. The lowest BCUT2D eigenvalue weighted by Crippen LogP contribution is -2.23. The van der Waals surface area contributed by atoms with E-state index in [1.807, 2.05) is 30.3 Å². The van der Waals surface area contributed by atoms with Gasteiger partial charge in [0.1, 0.15) is 6.33 Å². The van der Waals surface area contributed by atoms with E-state index >= 15 is 0 Å². The molecule has 148 valence electrons. The molecular formula is C20H18ClN5O2S. The fourth-order valence-corrected chi connectivity index (χ4v) is 4.04. The third kappa shape index (κ3) is 4.60. The highest BCUT2D eigenvalue weighted by Gasteiger charge is 2.21. The van der Waals surface area contributed by atoms with Crippen LogP contribution in [0.4, 0.5) is 11.4 Å². The van der Waals surface area contributed by atoms with Gasteiger partial charge in [-0.15, -0.1) is 10.2 Å². The third-order valence-electron chi connectivity index (χ3n) is 4.45. The number of hydrogen-bond acceptors (Lipinski definition) is 5. The summed E-state index contributed by atoms with van der Waals surface area (Å²) in [6.45, 7) is 0.714. The Morgan fingerprint density at radius 2 is 2.00 bits per heavy atom. The first-order chi connectivity index (χ1) is 14.1. The summed E-state index contributed by atoms with van der Waals surface area (Å²) >= 11 is 7.33. The van der Waals surface area contributed by atoms with Crippen molar-refractivity contribution < 1.29 is 9.59 Å². The van der Waals surface area contributed by atoms with Crippen molar-refractivity contribution >= 4 is 46.6 Å². The molecule has 9 heteroatoms. The Hall–Kier alpha value is -2.84. The van der Waals surface area contributed by atoms with Gasteiger partial charge in [-0.05, 0) is 42.8 Å². The maximum absolute atomic E-state index is 12.4. The summed E-state index contributed by atoms with van der Waals surface area (Å²) < 4.78 is 1.78. The number of benzene rings is 2. The number of hydrogen-bond donors (Lipinski definition) is 1. The molecule has 1 aromatic heterocycles.